The van der Waals surface area contributed by atoms with Crippen molar-refractivity contribution in [1.82, 2.24) is 4.31 Å². The molecule has 0 aromatic heterocycles. The van der Waals surface area contributed by atoms with Crippen molar-refractivity contribution < 1.29 is 18.3 Å². The molecule has 1 aliphatic carbocycles. The molecule has 2 fully saturated rings. The summed E-state index contributed by atoms with van der Waals surface area (Å²) in [6, 6.07) is 0. The first-order valence-corrected chi connectivity index (χ1v) is 7.71. The zero-order chi connectivity index (χ0) is 12.5. The third-order valence-electron chi connectivity index (χ3n) is 3.75. The molecule has 2 aliphatic rings. The van der Waals surface area contributed by atoms with E-state index in [0.717, 1.165) is 12.8 Å². The normalized spacial score (nSPS) is 31.5. The quantitative estimate of drug-likeness (QED) is 0.787. The van der Waals surface area contributed by atoms with Gasteiger partial charge in [0, 0.05) is 26.8 Å². The molecule has 0 spiro atoms. The van der Waals surface area contributed by atoms with E-state index in [1.54, 1.807) is 7.05 Å². The number of hydrogen-bond donors (Lipinski definition) is 1. The molecule has 2 rings (SSSR count). The Morgan fingerprint density at radius 3 is 2.41 bits per heavy atom. The van der Waals surface area contributed by atoms with Crippen LogP contribution in [-0.4, -0.2) is 56.0 Å². The monoisotopic (exact) mass is 263 g/mol. The van der Waals surface area contributed by atoms with Crippen molar-refractivity contribution in [3.05, 3.63) is 0 Å². The lowest BCUT2D eigenvalue weighted by Gasteiger charge is -2.35. The van der Waals surface area contributed by atoms with E-state index in [2.05, 4.69) is 0 Å². The SMILES string of the molecule is CN(CC1CC(O)C1)S(=O)(=O)C1CCOCC1. The Kier molecular flexibility index (Phi) is 4.07. The van der Waals surface area contributed by atoms with Gasteiger partial charge in [-0.15, -0.1) is 0 Å². The van der Waals surface area contributed by atoms with Crippen molar-refractivity contribution in [3.63, 3.8) is 0 Å². The summed E-state index contributed by atoms with van der Waals surface area (Å²) in [6.45, 7) is 1.62. The molecule has 0 atom stereocenters. The lowest BCUT2D eigenvalue weighted by Crippen LogP contribution is -2.44. The molecule has 17 heavy (non-hydrogen) atoms. The molecule has 1 saturated carbocycles. The van der Waals surface area contributed by atoms with E-state index in [1.807, 2.05) is 0 Å². The number of hydrogen-bond acceptors (Lipinski definition) is 4. The summed E-state index contributed by atoms with van der Waals surface area (Å²) in [7, 11) is -1.53. The number of rotatable bonds is 4. The zero-order valence-electron chi connectivity index (χ0n) is 10.2. The van der Waals surface area contributed by atoms with Gasteiger partial charge in [0.1, 0.15) is 0 Å². The number of aliphatic hydroxyl groups is 1. The van der Waals surface area contributed by atoms with Crippen LogP contribution < -0.4 is 0 Å². The number of sulfonamides is 1. The summed E-state index contributed by atoms with van der Waals surface area (Å²) >= 11 is 0. The summed E-state index contributed by atoms with van der Waals surface area (Å²) < 4.78 is 31.2. The van der Waals surface area contributed by atoms with Crippen molar-refractivity contribution in [2.45, 2.75) is 37.0 Å². The summed E-state index contributed by atoms with van der Waals surface area (Å²) in [6.07, 6.45) is 2.43. The van der Waals surface area contributed by atoms with Gasteiger partial charge in [0.15, 0.2) is 0 Å². The van der Waals surface area contributed by atoms with E-state index in [-0.39, 0.29) is 11.4 Å². The van der Waals surface area contributed by atoms with Gasteiger partial charge >= 0.3 is 0 Å². The second-order valence-electron chi connectivity index (χ2n) is 5.13. The highest BCUT2D eigenvalue weighted by Gasteiger charge is 2.35. The third kappa shape index (κ3) is 2.99. The Morgan fingerprint density at radius 1 is 1.29 bits per heavy atom. The second kappa shape index (κ2) is 5.22. The van der Waals surface area contributed by atoms with Crippen molar-refractivity contribution in [2.75, 3.05) is 26.8 Å². The van der Waals surface area contributed by atoms with Gasteiger partial charge in [0.2, 0.25) is 10.0 Å². The molecule has 1 aliphatic heterocycles. The fourth-order valence-electron chi connectivity index (χ4n) is 2.55. The first kappa shape index (κ1) is 13.3. The molecule has 0 aromatic carbocycles. The average molecular weight is 263 g/mol. The van der Waals surface area contributed by atoms with E-state index in [9.17, 15) is 13.5 Å². The van der Waals surface area contributed by atoms with Gasteiger partial charge in [-0.25, -0.2) is 12.7 Å². The van der Waals surface area contributed by atoms with Crippen LogP contribution >= 0.6 is 0 Å². The highest BCUT2D eigenvalue weighted by Crippen LogP contribution is 2.29. The maximum Gasteiger partial charge on any atom is 0.216 e. The molecule has 100 valence electrons. The minimum absolute atomic E-state index is 0.223. The summed E-state index contributed by atoms with van der Waals surface area (Å²) in [5, 5.41) is 8.91. The molecule has 0 amide bonds. The molecule has 6 heteroatoms. The maximum atomic E-state index is 12.3. The number of nitrogens with zero attached hydrogens (tertiary/aromatic N) is 1. The van der Waals surface area contributed by atoms with Crippen LogP contribution in [0.1, 0.15) is 25.7 Å². The van der Waals surface area contributed by atoms with Gasteiger partial charge in [-0.2, -0.15) is 0 Å². The fraction of sp³-hybridized carbons (Fsp3) is 1.00. The minimum atomic E-state index is -3.18. The van der Waals surface area contributed by atoms with Crippen LogP contribution in [0.3, 0.4) is 0 Å². The Balaban J connectivity index is 1.89. The van der Waals surface area contributed by atoms with Crippen LogP contribution in [0.4, 0.5) is 0 Å². The predicted octanol–water partition coefficient (Wildman–Crippen LogP) is 0.198. The van der Waals surface area contributed by atoms with Crippen LogP contribution in [0.2, 0.25) is 0 Å². The lowest BCUT2D eigenvalue weighted by molar-refractivity contribution is 0.0363. The van der Waals surface area contributed by atoms with E-state index >= 15 is 0 Å². The highest BCUT2D eigenvalue weighted by molar-refractivity contribution is 7.89. The van der Waals surface area contributed by atoms with Crippen molar-refractivity contribution in [2.24, 2.45) is 5.92 Å². The molecule has 0 bridgehead atoms. The van der Waals surface area contributed by atoms with Gasteiger partial charge in [-0.3, -0.25) is 0 Å². The van der Waals surface area contributed by atoms with Gasteiger partial charge in [-0.05, 0) is 31.6 Å². The zero-order valence-corrected chi connectivity index (χ0v) is 11.0. The lowest BCUT2D eigenvalue weighted by atomic mass is 9.82. The van der Waals surface area contributed by atoms with Gasteiger partial charge in [0.05, 0.1) is 11.4 Å². The summed E-state index contributed by atoms with van der Waals surface area (Å²) in [4.78, 5) is 0. The summed E-state index contributed by atoms with van der Waals surface area (Å²) in [5.41, 5.74) is 0. The average Bonchev–Trinajstić information content (AvgIpc) is 2.28. The Bertz CT molecular complexity index is 344. The maximum absolute atomic E-state index is 12.3. The number of aliphatic hydroxyl groups excluding tert-OH is 1. The molecular weight excluding hydrogens is 242 g/mol. The molecule has 0 unspecified atom stereocenters. The van der Waals surface area contributed by atoms with Gasteiger partial charge < -0.3 is 9.84 Å². The van der Waals surface area contributed by atoms with Gasteiger partial charge in [-0.1, -0.05) is 0 Å². The predicted molar refractivity (Wildman–Crippen MR) is 64.1 cm³/mol. The Morgan fingerprint density at radius 2 is 1.88 bits per heavy atom. The summed E-state index contributed by atoms with van der Waals surface area (Å²) in [5.74, 6) is 0.324. The first-order chi connectivity index (χ1) is 8.00. The number of ether oxygens (including phenoxy) is 1. The van der Waals surface area contributed by atoms with Crippen molar-refractivity contribution in [3.8, 4) is 0 Å². The van der Waals surface area contributed by atoms with Gasteiger partial charge in [0.25, 0.3) is 0 Å². The molecule has 1 heterocycles. The minimum Gasteiger partial charge on any atom is -0.393 e. The fourth-order valence-corrected chi connectivity index (χ4v) is 4.26. The third-order valence-corrected chi connectivity index (χ3v) is 6.08. The molecule has 0 aromatic rings. The molecular formula is C11H21NO4S. The van der Waals surface area contributed by atoms with E-state index in [1.165, 1.54) is 4.31 Å². The van der Waals surface area contributed by atoms with Crippen molar-refractivity contribution >= 4 is 10.0 Å². The topological polar surface area (TPSA) is 66.8 Å². The molecule has 1 N–H and O–H groups in total. The largest absolute Gasteiger partial charge is 0.393 e. The van der Waals surface area contributed by atoms with Crippen LogP contribution in [0.15, 0.2) is 0 Å². The molecule has 5 nitrogen and oxygen atoms in total. The van der Waals surface area contributed by atoms with Crippen molar-refractivity contribution in [1.29, 1.82) is 0 Å². The van der Waals surface area contributed by atoms with Crippen LogP contribution in [0.5, 0.6) is 0 Å². The van der Waals surface area contributed by atoms with Crippen LogP contribution in [0.25, 0.3) is 0 Å². The van der Waals surface area contributed by atoms with E-state index < -0.39 is 10.0 Å². The highest BCUT2D eigenvalue weighted by atomic mass is 32.2. The molecule has 0 radical (unpaired) electrons. The van der Waals surface area contributed by atoms with E-state index in [4.69, 9.17) is 4.74 Å². The second-order valence-corrected chi connectivity index (χ2v) is 7.45. The standard InChI is InChI=1S/C11H21NO4S/c1-12(8-9-6-10(13)7-9)17(14,15)11-2-4-16-5-3-11/h9-11,13H,2-8H2,1H3. The Hall–Kier alpha value is -0.170. The molecule has 1 saturated heterocycles. The first-order valence-electron chi connectivity index (χ1n) is 6.21. The van der Waals surface area contributed by atoms with Crippen LogP contribution in [0, 0.1) is 5.92 Å². The Labute approximate surface area is 103 Å². The van der Waals surface area contributed by atoms with E-state index in [0.29, 0.717) is 38.5 Å². The van der Waals surface area contributed by atoms with Crippen LogP contribution in [-0.2, 0) is 14.8 Å². The smallest absolute Gasteiger partial charge is 0.216 e.